The number of aliphatic hydroxyl groups excluding tert-OH is 1. The van der Waals surface area contributed by atoms with Crippen molar-refractivity contribution in [2.24, 2.45) is 5.92 Å². The molecule has 0 spiro atoms. The van der Waals surface area contributed by atoms with Gasteiger partial charge in [-0.3, -0.25) is 4.79 Å². The molecule has 5 nitrogen and oxygen atoms in total. The third-order valence-corrected chi connectivity index (χ3v) is 2.93. The number of rotatable bonds is 6. The van der Waals surface area contributed by atoms with E-state index < -0.39 is 6.10 Å². The fourth-order valence-electron chi connectivity index (χ4n) is 1.39. The molecule has 20 heavy (non-hydrogen) atoms. The van der Waals surface area contributed by atoms with E-state index in [4.69, 9.17) is 16.3 Å². The Bertz CT molecular complexity index is 464. The number of aliphatic hydroxyl groups is 1. The summed E-state index contributed by atoms with van der Waals surface area (Å²) >= 11 is 6.01. The first-order chi connectivity index (χ1) is 9.31. The molecule has 0 saturated heterocycles. The van der Waals surface area contributed by atoms with Gasteiger partial charge in [-0.05, 0) is 25.8 Å². The number of carbonyl (C=O) groups is 1. The van der Waals surface area contributed by atoms with Crippen LogP contribution in [0.1, 0.15) is 38.1 Å². The average Bonchev–Trinajstić information content (AvgIpc) is 2.37. The van der Waals surface area contributed by atoms with Gasteiger partial charge in [-0.25, -0.2) is 4.98 Å². The zero-order chi connectivity index (χ0) is 15.3. The molecule has 0 saturated carbocycles. The third kappa shape index (κ3) is 4.98. The highest BCUT2D eigenvalue weighted by Gasteiger charge is 2.14. The molecule has 2 N–H and O–H groups in total. The highest BCUT2D eigenvalue weighted by Crippen LogP contribution is 2.23. The summed E-state index contributed by atoms with van der Waals surface area (Å²) in [6.07, 6.45) is 0.785. The van der Waals surface area contributed by atoms with Crippen molar-refractivity contribution in [2.45, 2.75) is 39.9 Å². The van der Waals surface area contributed by atoms with Crippen molar-refractivity contribution in [1.82, 2.24) is 10.3 Å². The summed E-state index contributed by atoms with van der Waals surface area (Å²) in [5.74, 6) is 0.0643. The molecule has 1 atom stereocenters. The Balaban J connectivity index is 2.68. The normalized spacial score (nSPS) is 12.6. The summed E-state index contributed by atoms with van der Waals surface area (Å²) in [7, 11) is 0. The van der Waals surface area contributed by atoms with Crippen LogP contribution in [0.25, 0.3) is 0 Å². The standard InChI is InChI=1S/C14H21ClN2O3/c1-8(2)12(18)7-16-13(19)10-5-11(15)14(17-6-10)20-9(3)4/h5-6,8-9,12,18H,7H2,1-4H3,(H,16,19). The number of pyridine rings is 1. The lowest BCUT2D eigenvalue weighted by Crippen LogP contribution is -2.34. The van der Waals surface area contributed by atoms with E-state index in [9.17, 15) is 9.90 Å². The monoisotopic (exact) mass is 300 g/mol. The Morgan fingerprint density at radius 2 is 2.10 bits per heavy atom. The number of hydrogen-bond acceptors (Lipinski definition) is 4. The molecular weight excluding hydrogens is 280 g/mol. The first-order valence-corrected chi connectivity index (χ1v) is 6.97. The second-order valence-corrected chi connectivity index (χ2v) is 5.61. The minimum atomic E-state index is -0.578. The first kappa shape index (κ1) is 16.7. The quantitative estimate of drug-likeness (QED) is 0.845. The van der Waals surface area contributed by atoms with Crippen LogP contribution in [0.4, 0.5) is 0 Å². The molecule has 0 radical (unpaired) electrons. The van der Waals surface area contributed by atoms with Gasteiger partial charge in [0.15, 0.2) is 0 Å². The number of amides is 1. The molecule has 112 valence electrons. The number of nitrogens with one attached hydrogen (secondary N) is 1. The Kier molecular flexibility index (Phi) is 6.23. The van der Waals surface area contributed by atoms with E-state index in [1.165, 1.54) is 12.3 Å². The van der Waals surface area contributed by atoms with E-state index in [0.717, 1.165) is 0 Å². The second kappa shape index (κ2) is 7.45. The van der Waals surface area contributed by atoms with Crippen LogP contribution in [0.5, 0.6) is 5.88 Å². The van der Waals surface area contributed by atoms with Crippen molar-refractivity contribution >= 4 is 17.5 Å². The number of carbonyl (C=O) groups excluding carboxylic acids is 1. The van der Waals surface area contributed by atoms with E-state index in [2.05, 4.69) is 10.3 Å². The first-order valence-electron chi connectivity index (χ1n) is 6.59. The van der Waals surface area contributed by atoms with Gasteiger partial charge in [0.25, 0.3) is 5.91 Å². The molecule has 0 aliphatic carbocycles. The minimum Gasteiger partial charge on any atom is -0.474 e. The molecule has 1 amide bonds. The molecule has 0 bridgehead atoms. The lowest BCUT2D eigenvalue weighted by atomic mass is 10.1. The summed E-state index contributed by atoms with van der Waals surface area (Å²) in [6, 6.07) is 1.50. The van der Waals surface area contributed by atoms with Gasteiger partial charge in [0, 0.05) is 12.7 Å². The van der Waals surface area contributed by atoms with Crippen LogP contribution >= 0.6 is 11.6 Å². The van der Waals surface area contributed by atoms with E-state index in [0.29, 0.717) is 11.4 Å². The topological polar surface area (TPSA) is 71.5 Å². The van der Waals surface area contributed by atoms with Crippen molar-refractivity contribution in [1.29, 1.82) is 0 Å². The zero-order valence-corrected chi connectivity index (χ0v) is 12.9. The Labute approximate surface area is 124 Å². The molecule has 1 rings (SSSR count). The minimum absolute atomic E-state index is 0.0409. The van der Waals surface area contributed by atoms with Crippen molar-refractivity contribution in [2.75, 3.05) is 6.54 Å². The van der Waals surface area contributed by atoms with Crippen molar-refractivity contribution in [3.8, 4) is 5.88 Å². The van der Waals surface area contributed by atoms with Crippen LogP contribution in [0.3, 0.4) is 0 Å². The highest BCUT2D eigenvalue weighted by molar-refractivity contribution is 6.32. The van der Waals surface area contributed by atoms with Gasteiger partial charge in [0.05, 0.1) is 17.8 Å². The van der Waals surface area contributed by atoms with Gasteiger partial charge in [-0.15, -0.1) is 0 Å². The van der Waals surface area contributed by atoms with E-state index >= 15 is 0 Å². The van der Waals surface area contributed by atoms with Gasteiger partial charge in [0.2, 0.25) is 5.88 Å². The second-order valence-electron chi connectivity index (χ2n) is 5.20. The Morgan fingerprint density at radius 3 is 2.60 bits per heavy atom. The molecule has 0 aliphatic rings. The fraction of sp³-hybridized carbons (Fsp3) is 0.571. The van der Waals surface area contributed by atoms with Gasteiger partial charge >= 0.3 is 0 Å². The van der Waals surface area contributed by atoms with Crippen molar-refractivity contribution in [3.63, 3.8) is 0 Å². The van der Waals surface area contributed by atoms with E-state index in [-0.39, 0.29) is 29.5 Å². The molecule has 6 heteroatoms. The molecule has 0 aliphatic heterocycles. The Hall–Kier alpha value is -1.33. The summed E-state index contributed by atoms with van der Waals surface area (Å²) in [6.45, 7) is 7.69. The largest absolute Gasteiger partial charge is 0.474 e. The molecule has 0 aromatic carbocycles. The number of ether oxygens (including phenoxy) is 1. The van der Waals surface area contributed by atoms with Crippen LogP contribution in [-0.2, 0) is 0 Å². The molecule has 1 aromatic heterocycles. The van der Waals surface area contributed by atoms with E-state index in [1.807, 2.05) is 27.7 Å². The summed E-state index contributed by atoms with van der Waals surface area (Å²) in [5, 5.41) is 12.6. The fourth-order valence-corrected chi connectivity index (χ4v) is 1.61. The molecule has 1 aromatic rings. The van der Waals surface area contributed by atoms with Gasteiger partial charge < -0.3 is 15.2 Å². The van der Waals surface area contributed by atoms with Crippen LogP contribution in [0.2, 0.25) is 5.02 Å². The van der Waals surface area contributed by atoms with Gasteiger partial charge in [0.1, 0.15) is 5.02 Å². The number of nitrogens with zero attached hydrogens (tertiary/aromatic N) is 1. The maximum atomic E-state index is 11.9. The van der Waals surface area contributed by atoms with Crippen LogP contribution < -0.4 is 10.1 Å². The number of halogens is 1. The van der Waals surface area contributed by atoms with Gasteiger partial charge in [-0.1, -0.05) is 25.4 Å². The summed E-state index contributed by atoms with van der Waals surface area (Å²) < 4.78 is 5.39. The van der Waals surface area contributed by atoms with Crippen LogP contribution in [-0.4, -0.2) is 34.8 Å². The van der Waals surface area contributed by atoms with Crippen LogP contribution in [0.15, 0.2) is 12.3 Å². The lowest BCUT2D eigenvalue weighted by molar-refractivity contribution is 0.0871. The third-order valence-electron chi connectivity index (χ3n) is 2.66. The predicted molar refractivity (Wildman–Crippen MR) is 78.2 cm³/mol. The summed E-state index contributed by atoms with van der Waals surface area (Å²) in [5.41, 5.74) is 0.335. The smallest absolute Gasteiger partial charge is 0.252 e. The lowest BCUT2D eigenvalue weighted by Gasteiger charge is -2.15. The van der Waals surface area contributed by atoms with Crippen molar-refractivity contribution in [3.05, 3.63) is 22.8 Å². The summed E-state index contributed by atoms with van der Waals surface area (Å²) in [4.78, 5) is 15.9. The maximum absolute atomic E-state index is 11.9. The molecule has 1 unspecified atom stereocenters. The SMILES string of the molecule is CC(C)Oc1ncc(C(=O)NCC(O)C(C)C)cc1Cl. The molecule has 0 fully saturated rings. The maximum Gasteiger partial charge on any atom is 0.252 e. The van der Waals surface area contributed by atoms with Crippen molar-refractivity contribution < 1.29 is 14.6 Å². The van der Waals surface area contributed by atoms with Gasteiger partial charge in [-0.2, -0.15) is 0 Å². The average molecular weight is 301 g/mol. The number of hydrogen-bond donors (Lipinski definition) is 2. The number of aromatic nitrogens is 1. The molecule has 1 heterocycles. The zero-order valence-electron chi connectivity index (χ0n) is 12.2. The van der Waals surface area contributed by atoms with Crippen LogP contribution in [0, 0.1) is 5.92 Å². The predicted octanol–water partition coefficient (Wildman–Crippen LogP) is 2.27. The highest BCUT2D eigenvalue weighted by atomic mass is 35.5. The molecular formula is C14H21ClN2O3. The van der Waals surface area contributed by atoms with E-state index in [1.54, 1.807) is 0 Å². The Morgan fingerprint density at radius 1 is 1.45 bits per heavy atom.